The van der Waals surface area contributed by atoms with E-state index in [1.54, 1.807) is 27.7 Å². The third-order valence-electron chi connectivity index (χ3n) is 6.41. The van der Waals surface area contributed by atoms with E-state index in [9.17, 15) is 34.2 Å². The molecule has 12 heteroatoms. The Labute approximate surface area is 245 Å². The van der Waals surface area contributed by atoms with Gasteiger partial charge in [-0.2, -0.15) is 0 Å². The third kappa shape index (κ3) is 15.0. The summed E-state index contributed by atoms with van der Waals surface area (Å²) in [5.74, 6) is -2.90. The van der Waals surface area contributed by atoms with Crippen LogP contribution in [0.15, 0.2) is 0 Å². The van der Waals surface area contributed by atoms with Gasteiger partial charge >= 0.3 is 0 Å². The van der Waals surface area contributed by atoms with Crippen LogP contribution in [0.3, 0.4) is 0 Å². The van der Waals surface area contributed by atoms with Crippen LogP contribution in [-0.2, 0) is 33.4 Å². The minimum atomic E-state index is -1.27. The Hall–Kier alpha value is -2.25. The molecule has 1 aliphatic rings. The topological polar surface area (TPSA) is 189 Å². The molecular weight excluding hydrogens is 536 g/mol. The third-order valence-corrected chi connectivity index (χ3v) is 6.41. The Kier molecular flexibility index (Phi) is 20.1. The molecule has 0 radical (unpaired) electrons. The van der Waals surface area contributed by atoms with E-state index in [0.29, 0.717) is 13.0 Å². The maximum Gasteiger partial charge on any atom is 0.287 e. The largest absolute Gasteiger partial charge is 0.396 e. The highest BCUT2D eigenvalue weighted by molar-refractivity contribution is 6.36. The van der Waals surface area contributed by atoms with Crippen LogP contribution in [0.2, 0.25) is 0 Å². The van der Waals surface area contributed by atoms with Gasteiger partial charge in [-0.05, 0) is 33.1 Å². The average molecular weight is 593 g/mol. The quantitative estimate of drug-likeness (QED) is 0.186. The number of amides is 2. The summed E-state index contributed by atoms with van der Waals surface area (Å²) in [4.78, 5) is 57.2. The first-order valence-corrected chi connectivity index (χ1v) is 13.2. The number of carbonyl (C=O) groups excluding carboxylic acids is 5. The first kappa shape index (κ1) is 43.2. The van der Waals surface area contributed by atoms with Gasteiger partial charge in [-0.1, -0.05) is 42.5 Å². The molecule has 1 fully saturated rings. The van der Waals surface area contributed by atoms with Crippen LogP contribution >= 0.6 is 0 Å². The van der Waals surface area contributed by atoms with Crippen molar-refractivity contribution in [3.8, 4) is 0 Å². The van der Waals surface area contributed by atoms with Crippen molar-refractivity contribution < 1.29 is 48.8 Å². The molecule has 0 saturated carbocycles. The van der Waals surface area contributed by atoms with Gasteiger partial charge in [0.05, 0.1) is 13.2 Å². The SMILES string of the molecule is C.C.CNC(=O)C(=O)CCCC(=O)[C@H](O)C(C)(C)CO.CNC(=O)C(O)CCCC(=O)[C@@H]1OC(C)(C)OCC1(C)C. The lowest BCUT2D eigenvalue weighted by atomic mass is 9.82. The van der Waals surface area contributed by atoms with E-state index in [1.807, 2.05) is 13.8 Å². The fourth-order valence-corrected chi connectivity index (χ4v) is 3.65. The number of ketones is 3. The lowest BCUT2D eigenvalue weighted by Gasteiger charge is -2.45. The van der Waals surface area contributed by atoms with Crippen molar-refractivity contribution in [2.45, 2.75) is 119 Å². The highest BCUT2D eigenvalue weighted by Gasteiger charge is 2.45. The molecule has 0 aromatic carbocycles. The zero-order chi connectivity index (χ0) is 30.6. The van der Waals surface area contributed by atoms with Gasteiger partial charge in [-0.25, -0.2) is 0 Å². The number of ether oxygens (including phenoxy) is 2. The Morgan fingerprint density at radius 3 is 1.98 bits per heavy atom. The van der Waals surface area contributed by atoms with Gasteiger partial charge in [-0.3, -0.25) is 24.0 Å². The molecule has 1 aliphatic heterocycles. The van der Waals surface area contributed by atoms with Crippen LogP contribution in [0.5, 0.6) is 0 Å². The monoisotopic (exact) mass is 592 g/mol. The first-order valence-electron chi connectivity index (χ1n) is 13.2. The van der Waals surface area contributed by atoms with Gasteiger partial charge in [-0.15, -0.1) is 0 Å². The summed E-state index contributed by atoms with van der Waals surface area (Å²) >= 11 is 0. The molecule has 2 amide bonds. The molecule has 1 unspecified atom stereocenters. The van der Waals surface area contributed by atoms with Crippen LogP contribution in [0.1, 0.15) is 94.9 Å². The fraction of sp³-hybridized carbons (Fsp3) is 0.828. The number of likely N-dealkylation sites (N-methyl/N-ethyl adjacent to an activating group) is 2. The van der Waals surface area contributed by atoms with Gasteiger partial charge in [0, 0.05) is 44.2 Å². The second kappa shape index (κ2) is 19.0. The summed E-state index contributed by atoms with van der Waals surface area (Å²) in [5, 5.41) is 32.8. The van der Waals surface area contributed by atoms with Crippen LogP contribution in [0, 0.1) is 10.8 Å². The molecule has 3 atom stereocenters. The molecule has 5 N–H and O–H groups in total. The molecule has 1 heterocycles. The highest BCUT2D eigenvalue weighted by Crippen LogP contribution is 2.36. The van der Waals surface area contributed by atoms with Gasteiger partial charge in [0.2, 0.25) is 11.7 Å². The molecule has 242 valence electrons. The predicted molar refractivity (Wildman–Crippen MR) is 156 cm³/mol. The summed E-state index contributed by atoms with van der Waals surface area (Å²) in [7, 11) is 2.83. The second-order valence-electron chi connectivity index (χ2n) is 11.5. The molecule has 0 aliphatic carbocycles. The summed E-state index contributed by atoms with van der Waals surface area (Å²) in [5.41, 5.74) is -1.28. The number of nitrogens with one attached hydrogen (secondary N) is 2. The molecule has 41 heavy (non-hydrogen) atoms. The fourth-order valence-electron chi connectivity index (χ4n) is 3.65. The van der Waals surface area contributed by atoms with E-state index in [0.717, 1.165) is 0 Å². The number of hydrogen-bond donors (Lipinski definition) is 5. The molecule has 0 aromatic heterocycles. The normalized spacial score (nSPS) is 18.6. The summed E-state index contributed by atoms with van der Waals surface area (Å²) in [6.07, 6.45) is -1.69. The minimum Gasteiger partial charge on any atom is -0.396 e. The first-order chi connectivity index (χ1) is 17.8. The van der Waals surface area contributed by atoms with Crippen molar-refractivity contribution in [1.29, 1.82) is 0 Å². The van der Waals surface area contributed by atoms with Crippen LogP contribution in [0.25, 0.3) is 0 Å². The average Bonchev–Trinajstić information content (AvgIpc) is 2.88. The molecule has 1 saturated heterocycles. The molecule has 0 bridgehead atoms. The van der Waals surface area contributed by atoms with Crippen molar-refractivity contribution in [1.82, 2.24) is 10.6 Å². The van der Waals surface area contributed by atoms with E-state index in [2.05, 4.69) is 10.6 Å². The molecule has 0 aromatic rings. The zero-order valence-electron chi connectivity index (χ0n) is 24.6. The van der Waals surface area contributed by atoms with E-state index >= 15 is 0 Å². The van der Waals surface area contributed by atoms with E-state index in [-0.39, 0.29) is 64.8 Å². The number of hydrogen-bond acceptors (Lipinski definition) is 10. The summed E-state index contributed by atoms with van der Waals surface area (Å²) < 4.78 is 11.3. The number of Topliss-reactive ketones (excluding diaryl/α,β-unsaturated/α-hetero) is 3. The smallest absolute Gasteiger partial charge is 0.287 e. The number of aliphatic hydroxyl groups excluding tert-OH is 3. The molecule has 12 nitrogen and oxygen atoms in total. The van der Waals surface area contributed by atoms with Crippen molar-refractivity contribution in [3.05, 3.63) is 0 Å². The van der Waals surface area contributed by atoms with Crippen LogP contribution < -0.4 is 10.6 Å². The second-order valence-corrected chi connectivity index (χ2v) is 11.5. The van der Waals surface area contributed by atoms with Gasteiger partial charge < -0.3 is 35.4 Å². The lowest BCUT2D eigenvalue weighted by molar-refractivity contribution is -0.303. The summed E-state index contributed by atoms with van der Waals surface area (Å²) in [6, 6.07) is 0. The number of carbonyl (C=O) groups is 5. The molecule has 0 spiro atoms. The van der Waals surface area contributed by atoms with Gasteiger partial charge in [0.15, 0.2) is 17.4 Å². The van der Waals surface area contributed by atoms with Crippen LogP contribution in [0.4, 0.5) is 0 Å². The number of rotatable bonds is 14. The highest BCUT2D eigenvalue weighted by atomic mass is 16.7. The molecule has 1 rings (SSSR count). The van der Waals surface area contributed by atoms with Gasteiger partial charge in [0.25, 0.3) is 5.91 Å². The van der Waals surface area contributed by atoms with Crippen LogP contribution in [-0.4, -0.2) is 95.9 Å². The van der Waals surface area contributed by atoms with Gasteiger partial charge in [0.1, 0.15) is 18.3 Å². The Bertz CT molecular complexity index is 855. The van der Waals surface area contributed by atoms with Crippen molar-refractivity contribution >= 4 is 29.2 Å². The van der Waals surface area contributed by atoms with E-state index in [1.165, 1.54) is 14.1 Å². The predicted octanol–water partition coefficient (Wildman–Crippen LogP) is 1.70. The number of aliphatic hydroxyl groups is 3. The summed E-state index contributed by atoms with van der Waals surface area (Å²) in [6.45, 7) is 10.7. The van der Waals surface area contributed by atoms with Crippen molar-refractivity contribution in [3.63, 3.8) is 0 Å². The minimum absolute atomic E-state index is 0. The lowest BCUT2D eigenvalue weighted by Crippen LogP contribution is -2.53. The van der Waals surface area contributed by atoms with E-state index < -0.39 is 52.9 Å². The Morgan fingerprint density at radius 1 is 0.927 bits per heavy atom. The van der Waals surface area contributed by atoms with Crippen molar-refractivity contribution in [2.24, 2.45) is 10.8 Å². The Morgan fingerprint density at radius 2 is 1.49 bits per heavy atom. The van der Waals surface area contributed by atoms with Crippen molar-refractivity contribution in [2.75, 3.05) is 27.3 Å². The maximum absolute atomic E-state index is 12.4. The molecular formula is C29H56N2O10. The van der Waals surface area contributed by atoms with E-state index in [4.69, 9.17) is 14.6 Å². The Balaban J connectivity index is -0.000000680. The zero-order valence-corrected chi connectivity index (χ0v) is 24.6. The maximum atomic E-state index is 12.4. The standard InChI is InChI=1S/C15H27NO5.C12H21NO5.2CH4/c1-14(2)9-20-15(3,4)21-12(14)10(17)7-6-8-11(18)13(19)16-5;1-12(2,7-14)10(17)8(15)5-4-6-9(16)11(18)13-3;;/h11-12,18H,6-9H2,1-5H3,(H,16,19);10,14,17H,4-7H2,1-3H3,(H,13,18);2*1H4/t11?,12-;10-;;/m00../s1.